The molecular formula is C15H29N3OS. The van der Waals surface area contributed by atoms with Gasteiger partial charge in [0.25, 0.3) is 0 Å². The van der Waals surface area contributed by atoms with Crippen molar-refractivity contribution in [3.05, 3.63) is 0 Å². The molecule has 2 atom stereocenters. The van der Waals surface area contributed by atoms with Gasteiger partial charge in [-0.1, -0.05) is 32.5 Å². The molecule has 1 saturated heterocycles. The van der Waals surface area contributed by atoms with Crippen LogP contribution in [0.2, 0.25) is 0 Å². The van der Waals surface area contributed by atoms with E-state index in [4.69, 9.17) is 18.0 Å². The lowest BCUT2D eigenvalue weighted by Gasteiger charge is -2.40. The molecule has 20 heavy (non-hydrogen) atoms. The Bertz CT molecular complexity index is 351. The molecule has 2 unspecified atom stereocenters. The van der Waals surface area contributed by atoms with E-state index >= 15 is 0 Å². The molecule has 0 radical (unpaired) electrons. The molecule has 0 spiro atoms. The largest absolute Gasteiger partial charge is 0.393 e. The van der Waals surface area contributed by atoms with Crippen molar-refractivity contribution in [2.75, 3.05) is 13.1 Å². The number of hydrogen-bond donors (Lipinski definition) is 2. The van der Waals surface area contributed by atoms with Gasteiger partial charge in [0, 0.05) is 11.5 Å². The molecular weight excluding hydrogens is 270 g/mol. The highest BCUT2D eigenvalue weighted by Gasteiger charge is 2.35. The molecule has 1 amide bonds. The second-order valence-corrected chi connectivity index (χ2v) is 6.77. The summed E-state index contributed by atoms with van der Waals surface area (Å²) in [6, 6.07) is 0.173. The van der Waals surface area contributed by atoms with Gasteiger partial charge >= 0.3 is 0 Å². The molecule has 116 valence electrons. The average Bonchev–Trinajstić information content (AvgIpc) is 2.38. The monoisotopic (exact) mass is 299 g/mol. The van der Waals surface area contributed by atoms with Crippen LogP contribution in [-0.2, 0) is 4.79 Å². The van der Waals surface area contributed by atoms with E-state index < -0.39 is 0 Å². The lowest BCUT2D eigenvalue weighted by Crippen LogP contribution is -2.53. The first kappa shape index (κ1) is 17.4. The van der Waals surface area contributed by atoms with Crippen molar-refractivity contribution < 1.29 is 4.79 Å². The minimum Gasteiger partial charge on any atom is -0.393 e. The highest BCUT2D eigenvalue weighted by molar-refractivity contribution is 7.80. The number of carbonyl (C=O) groups excluding carboxylic acids is 1. The third kappa shape index (κ3) is 4.42. The molecule has 3 N–H and O–H groups in total. The van der Waals surface area contributed by atoms with E-state index in [0.29, 0.717) is 4.99 Å². The molecule has 0 aromatic carbocycles. The third-order valence-corrected chi connectivity index (χ3v) is 5.03. The molecule has 1 aliphatic heterocycles. The fraction of sp³-hybridized carbons (Fsp3) is 0.867. The number of nitrogens with two attached hydrogens (primary N) is 1. The van der Waals surface area contributed by atoms with Gasteiger partial charge in [-0.2, -0.15) is 0 Å². The first-order valence-electron chi connectivity index (χ1n) is 7.64. The Morgan fingerprint density at radius 3 is 2.40 bits per heavy atom. The molecule has 4 nitrogen and oxygen atoms in total. The zero-order valence-electron chi connectivity index (χ0n) is 13.2. The lowest BCUT2D eigenvalue weighted by molar-refractivity contribution is -0.127. The Morgan fingerprint density at radius 1 is 1.40 bits per heavy atom. The number of likely N-dealkylation sites (tertiary alicyclic amines) is 1. The Kier molecular flexibility index (Phi) is 6.40. The molecule has 1 aliphatic rings. The number of hydrogen-bond acceptors (Lipinski definition) is 3. The zero-order valence-corrected chi connectivity index (χ0v) is 14.1. The SMILES string of the molecule is CCCC(C)NC(=O)C(C)N1CCC(C)(C(N)=S)CC1. The molecule has 0 bridgehead atoms. The summed E-state index contributed by atoms with van der Waals surface area (Å²) in [5.74, 6) is 0.130. The predicted molar refractivity (Wildman–Crippen MR) is 87.7 cm³/mol. The van der Waals surface area contributed by atoms with Crippen LogP contribution in [-0.4, -0.2) is 41.0 Å². The summed E-state index contributed by atoms with van der Waals surface area (Å²) < 4.78 is 0. The van der Waals surface area contributed by atoms with Gasteiger partial charge in [0.05, 0.1) is 11.0 Å². The van der Waals surface area contributed by atoms with E-state index in [9.17, 15) is 4.79 Å². The van der Waals surface area contributed by atoms with Crippen LogP contribution in [0.4, 0.5) is 0 Å². The van der Waals surface area contributed by atoms with Crippen molar-refractivity contribution in [3.63, 3.8) is 0 Å². The number of piperidine rings is 1. The smallest absolute Gasteiger partial charge is 0.237 e. The van der Waals surface area contributed by atoms with Gasteiger partial charge in [-0.05, 0) is 46.2 Å². The second kappa shape index (κ2) is 7.36. The van der Waals surface area contributed by atoms with E-state index in [1.54, 1.807) is 0 Å². The molecule has 5 heteroatoms. The summed E-state index contributed by atoms with van der Waals surface area (Å²) in [6.07, 6.45) is 3.98. The summed E-state index contributed by atoms with van der Waals surface area (Å²) in [6.45, 7) is 10.1. The van der Waals surface area contributed by atoms with E-state index in [1.807, 2.05) is 6.92 Å². The van der Waals surface area contributed by atoms with Gasteiger partial charge in [-0.15, -0.1) is 0 Å². The maximum absolute atomic E-state index is 12.2. The first-order valence-corrected chi connectivity index (χ1v) is 8.05. The van der Waals surface area contributed by atoms with Crippen LogP contribution in [0.25, 0.3) is 0 Å². The first-order chi connectivity index (χ1) is 9.30. The van der Waals surface area contributed by atoms with Crippen LogP contribution in [0.15, 0.2) is 0 Å². The van der Waals surface area contributed by atoms with Crippen LogP contribution in [0, 0.1) is 5.41 Å². The summed E-state index contributed by atoms with van der Waals surface area (Å²) in [5.41, 5.74) is 5.77. The summed E-state index contributed by atoms with van der Waals surface area (Å²) in [4.78, 5) is 15.1. The van der Waals surface area contributed by atoms with Crippen LogP contribution in [0.3, 0.4) is 0 Å². The Morgan fingerprint density at radius 2 is 1.95 bits per heavy atom. The Balaban J connectivity index is 2.48. The minimum absolute atomic E-state index is 0.0441. The van der Waals surface area contributed by atoms with Crippen molar-refractivity contribution >= 4 is 23.1 Å². The van der Waals surface area contributed by atoms with Gasteiger partial charge in [0.2, 0.25) is 5.91 Å². The van der Waals surface area contributed by atoms with E-state index in [1.165, 1.54) is 0 Å². The minimum atomic E-state index is -0.0785. The highest BCUT2D eigenvalue weighted by atomic mass is 32.1. The van der Waals surface area contributed by atoms with Crippen molar-refractivity contribution in [1.82, 2.24) is 10.2 Å². The Labute approximate surface area is 128 Å². The number of amides is 1. The van der Waals surface area contributed by atoms with Crippen LogP contribution in [0.5, 0.6) is 0 Å². The summed E-state index contributed by atoms with van der Waals surface area (Å²) >= 11 is 5.15. The topological polar surface area (TPSA) is 58.4 Å². The predicted octanol–water partition coefficient (Wildman–Crippen LogP) is 2.07. The second-order valence-electron chi connectivity index (χ2n) is 6.34. The van der Waals surface area contributed by atoms with E-state index in [-0.39, 0.29) is 23.4 Å². The van der Waals surface area contributed by atoms with Crippen LogP contribution < -0.4 is 11.1 Å². The summed E-state index contributed by atoms with van der Waals surface area (Å²) in [5, 5.41) is 3.09. The molecule has 0 saturated carbocycles. The normalized spacial score (nSPS) is 22.0. The van der Waals surface area contributed by atoms with Gasteiger partial charge in [-0.25, -0.2) is 0 Å². The van der Waals surface area contributed by atoms with Gasteiger partial charge in [0.15, 0.2) is 0 Å². The van der Waals surface area contributed by atoms with Gasteiger partial charge < -0.3 is 11.1 Å². The number of thiocarbonyl (C=S) groups is 1. The number of nitrogens with zero attached hydrogens (tertiary/aromatic N) is 1. The van der Waals surface area contributed by atoms with Crippen LogP contribution >= 0.6 is 12.2 Å². The third-order valence-electron chi connectivity index (χ3n) is 4.53. The van der Waals surface area contributed by atoms with Crippen molar-refractivity contribution in [2.24, 2.45) is 11.1 Å². The van der Waals surface area contributed by atoms with E-state index in [2.05, 4.69) is 31.0 Å². The number of nitrogens with one attached hydrogen (secondary N) is 1. The van der Waals surface area contributed by atoms with Crippen molar-refractivity contribution in [1.29, 1.82) is 0 Å². The lowest BCUT2D eigenvalue weighted by atomic mass is 9.80. The van der Waals surface area contributed by atoms with Gasteiger partial charge in [-0.3, -0.25) is 9.69 Å². The summed E-state index contributed by atoms with van der Waals surface area (Å²) in [7, 11) is 0. The molecule has 1 heterocycles. The van der Waals surface area contributed by atoms with Crippen molar-refractivity contribution in [3.8, 4) is 0 Å². The standard InChI is InChI=1S/C15H29N3OS/c1-5-6-11(2)17-13(19)12(3)18-9-7-15(4,8-10-18)14(16)20/h11-12H,5-10H2,1-4H3,(H2,16,20)(H,17,19). The Hall–Kier alpha value is -0.680. The fourth-order valence-corrected chi connectivity index (χ4v) is 2.89. The molecule has 1 fully saturated rings. The quantitative estimate of drug-likeness (QED) is 0.737. The molecule has 0 aromatic rings. The number of rotatable bonds is 6. The average molecular weight is 299 g/mol. The zero-order chi connectivity index (χ0) is 15.3. The molecule has 0 aliphatic carbocycles. The number of carbonyl (C=O) groups is 1. The van der Waals surface area contributed by atoms with Crippen LogP contribution in [0.1, 0.15) is 53.4 Å². The molecule has 1 rings (SSSR count). The van der Waals surface area contributed by atoms with E-state index in [0.717, 1.165) is 38.8 Å². The molecule has 0 aromatic heterocycles. The van der Waals surface area contributed by atoms with Gasteiger partial charge in [0.1, 0.15) is 0 Å². The van der Waals surface area contributed by atoms with Crippen molar-refractivity contribution in [2.45, 2.75) is 65.5 Å². The fourth-order valence-electron chi connectivity index (χ4n) is 2.69. The highest BCUT2D eigenvalue weighted by Crippen LogP contribution is 2.31. The maximum Gasteiger partial charge on any atom is 0.237 e. The maximum atomic E-state index is 12.2.